The highest BCUT2D eigenvalue weighted by Gasteiger charge is 2.30. The van der Waals surface area contributed by atoms with Crippen LogP contribution in [0.5, 0.6) is 0 Å². The number of nitrogens with one attached hydrogen (secondary N) is 1. The van der Waals surface area contributed by atoms with E-state index in [4.69, 9.17) is 0 Å². The third-order valence-electron chi connectivity index (χ3n) is 3.36. The molecule has 0 aromatic heterocycles. The van der Waals surface area contributed by atoms with Gasteiger partial charge in [-0.3, -0.25) is 0 Å². The molecule has 110 valence electrons. The molecule has 20 heavy (non-hydrogen) atoms. The Kier molecular flexibility index (Phi) is 4.48. The van der Waals surface area contributed by atoms with E-state index < -0.39 is 16.0 Å². The number of halogens is 1. The molecule has 0 aliphatic carbocycles. The number of hydrogen-bond acceptors (Lipinski definition) is 4. The number of carboxylic acid groups (broad SMARTS) is 1. The number of hydrogen-bond donors (Lipinski definition) is 1. The molecule has 2 rings (SSSR count). The standard InChI is InChI=1S/C12H15BrN2O4S/c1-14-4-6-15(7-5-14)20(18,19)11-3-2-9(12(16)17)8-10(11)13/h2-3,8H,4-7H2,1H3,(H,16,17). The molecule has 1 N–H and O–H groups in total. The van der Waals surface area contributed by atoms with E-state index in [0.717, 1.165) is 13.1 Å². The number of rotatable bonds is 3. The van der Waals surface area contributed by atoms with E-state index in [-0.39, 0.29) is 14.9 Å². The second kappa shape index (κ2) is 5.80. The first-order valence-electron chi connectivity index (χ1n) is 6.14. The highest BCUT2D eigenvalue weighted by Crippen LogP contribution is 2.26. The molecular weight excluding hydrogens is 348 g/mol. The minimum absolute atomic E-state index is 0.0568. The number of nitrogens with zero attached hydrogens (tertiary/aromatic N) is 1. The Morgan fingerprint density at radius 2 is 1.95 bits per heavy atom. The predicted molar refractivity (Wildman–Crippen MR) is 73.9 cm³/mol. The smallest absolute Gasteiger partial charge is 0.244 e. The molecule has 0 radical (unpaired) electrons. The number of carbonyl (C=O) groups is 1. The van der Waals surface area contributed by atoms with Crippen molar-refractivity contribution in [1.29, 1.82) is 0 Å². The second-order valence-electron chi connectivity index (χ2n) is 4.79. The summed E-state index contributed by atoms with van der Waals surface area (Å²) in [5, 5.41) is 10.8. The van der Waals surface area contributed by atoms with Crippen LogP contribution in [0.25, 0.3) is 0 Å². The van der Waals surface area contributed by atoms with Crippen molar-refractivity contribution in [2.75, 3.05) is 33.2 Å². The Morgan fingerprint density at radius 3 is 2.45 bits per heavy atom. The molecule has 0 bridgehead atoms. The first-order chi connectivity index (χ1) is 9.32. The van der Waals surface area contributed by atoms with Crippen molar-refractivity contribution >= 4 is 31.9 Å². The molecule has 0 saturated carbocycles. The zero-order valence-electron chi connectivity index (χ0n) is 10.9. The summed E-state index contributed by atoms with van der Waals surface area (Å²) in [4.78, 5) is 12.1. The van der Waals surface area contributed by atoms with Gasteiger partial charge in [-0.25, -0.2) is 8.42 Å². The molecule has 0 spiro atoms. The molecule has 1 aromatic rings. The summed E-state index contributed by atoms with van der Waals surface area (Å²) in [5.41, 5.74) is -0.0568. The minimum Gasteiger partial charge on any atom is -0.545 e. The molecule has 0 atom stereocenters. The molecule has 1 fully saturated rings. The fourth-order valence-electron chi connectivity index (χ4n) is 2.08. The van der Waals surface area contributed by atoms with Gasteiger partial charge in [0.2, 0.25) is 10.0 Å². The topological polar surface area (TPSA) is 82.0 Å². The van der Waals surface area contributed by atoms with E-state index in [1.807, 2.05) is 7.05 Å². The lowest BCUT2D eigenvalue weighted by Gasteiger charge is -2.29. The number of sulfonamides is 1. The lowest BCUT2D eigenvalue weighted by Crippen LogP contribution is -3.12. The average Bonchev–Trinajstić information content (AvgIpc) is 2.38. The van der Waals surface area contributed by atoms with Crippen LogP contribution in [0.3, 0.4) is 0 Å². The molecule has 0 unspecified atom stereocenters. The maximum Gasteiger partial charge on any atom is 0.244 e. The Hall–Kier alpha value is -0.960. The van der Waals surface area contributed by atoms with Crippen LogP contribution in [0.2, 0.25) is 0 Å². The van der Waals surface area contributed by atoms with Crippen LogP contribution in [0.15, 0.2) is 27.6 Å². The number of quaternary nitrogens is 1. The van der Waals surface area contributed by atoms with Gasteiger partial charge in [-0.15, -0.1) is 0 Å². The third-order valence-corrected chi connectivity index (χ3v) is 6.24. The monoisotopic (exact) mass is 362 g/mol. The molecule has 1 aromatic carbocycles. The number of carboxylic acids is 1. The molecule has 6 nitrogen and oxygen atoms in total. The van der Waals surface area contributed by atoms with Gasteiger partial charge in [-0.05, 0) is 33.6 Å². The fraction of sp³-hybridized carbons (Fsp3) is 0.417. The molecule has 0 amide bonds. The van der Waals surface area contributed by atoms with Gasteiger partial charge in [0, 0.05) is 4.47 Å². The summed E-state index contributed by atoms with van der Waals surface area (Å²) in [6, 6.07) is 3.80. The summed E-state index contributed by atoms with van der Waals surface area (Å²) in [5.74, 6) is -1.34. The summed E-state index contributed by atoms with van der Waals surface area (Å²) >= 11 is 3.13. The normalized spacial score (nSPS) is 18.1. The van der Waals surface area contributed by atoms with Gasteiger partial charge >= 0.3 is 0 Å². The van der Waals surface area contributed by atoms with Crippen molar-refractivity contribution in [2.24, 2.45) is 0 Å². The van der Waals surface area contributed by atoms with Crippen LogP contribution in [0, 0.1) is 0 Å². The third kappa shape index (κ3) is 3.03. The Balaban J connectivity index is 2.32. The van der Waals surface area contributed by atoms with Crippen molar-refractivity contribution in [3.05, 3.63) is 28.2 Å². The maximum atomic E-state index is 12.5. The first-order valence-corrected chi connectivity index (χ1v) is 8.38. The lowest BCUT2D eigenvalue weighted by atomic mass is 10.2. The SMILES string of the molecule is C[NH+]1CCN(S(=O)(=O)c2ccc(C(=O)[O-])cc2Br)CC1. The van der Waals surface area contributed by atoms with Crippen LogP contribution >= 0.6 is 15.9 Å². The number of carbonyl (C=O) groups excluding carboxylic acids is 1. The molecule has 1 saturated heterocycles. The Labute approximate surface area is 126 Å². The van der Waals surface area contributed by atoms with Crippen molar-refractivity contribution in [3.8, 4) is 0 Å². The summed E-state index contributed by atoms with van der Waals surface area (Å²) in [6.45, 7) is 2.44. The van der Waals surface area contributed by atoms with Crippen LogP contribution < -0.4 is 10.0 Å². The van der Waals surface area contributed by atoms with Crippen molar-refractivity contribution in [1.82, 2.24) is 4.31 Å². The molecule has 1 aliphatic heterocycles. The van der Waals surface area contributed by atoms with Crippen LogP contribution in [0.4, 0.5) is 0 Å². The van der Waals surface area contributed by atoms with Crippen LogP contribution in [-0.2, 0) is 10.0 Å². The summed E-state index contributed by atoms with van der Waals surface area (Å²) in [7, 11) is -1.58. The van der Waals surface area contributed by atoms with Crippen molar-refractivity contribution < 1.29 is 23.2 Å². The van der Waals surface area contributed by atoms with Gasteiger partial charge in [-0.2, -0.15) is 4.31 Å². The van der Waals surface area contributed by atoms with Crippen molar-refractivity contribution in [3.63, 3.8) is 0 Å². The largest absolute Gasteiger partial charge is 0.545 e. The van der Waals surface area contributed by atoms with E-state index in [2.05, 4.69) is 15.9 Å². The van der Waals surface area contributed by atoms with Gasteiger partial charge < -0.3 is 14.8 Å². The number of benzene rings is 1. The molecule has 1 aliphatic rings. The minimum atomic E-state index is -3.60. The van der Waals surface area contributed by atoms with Gasteiger partial charge in [-0.1, -0.05) is 6.07 Å². The van der Waals surface area contributed by atoms with E-state index in [0.29, 0.717) is 13.1 Å². The molecular formula is C12H15BrN2O4S. The van der Waals surface area contributed by atoms with E-state index >= 15 is 0 Å². The predicted octanol–water partition coefficient (Wildman–Crippen LogP) is -1.67. The van der Waals surface area contributed by atoms with Gasteiger partial charge in [0.1, 0.15) is 0 Å². The first kappa shape index (κ1) is 15.4. The van der Waals surface area contributed by atoms with Crippen molar-refractivity contribution in [2.45, 2.75) is 4.90 Å². The number of likely N-dealkylation sites (N-methyl/N-ethyl adjacent to an activating group) is 1. The van der Waals surface area contributed by atoms with Gasteiger partial charge in [0.05, 0.1) is 44.1 Å². The van der Waals surface area contributed by atoms with E-state index in [1.165, 1.54) is 27.4 Å². The number of aromatic carboxylic acids is 1. The number of piperazine rings is 1. The summed E-state index contributed by atoms with van der Waals surface area (Å²) in [6.07, 6.45) is 0. The second-order valence-corrected chi connectivity index (χ2v) is 7.55. The molecule has 8 heteroatoms. The zero-order chi connectivity index (χ0) is 14.9. The maximum absolute atomic E-state index is 12.5. The average molecular weight is 363 g/mol. The van der Waals surface area contributed by atoms with Gasteiger partial charge in [0.25, 0.3) is 0 Å². The summed E-state index contributed by atoms with van der Waals surface area (Å²) < 4.78 is 26.7. The van der Waals surface area contributed by atoms with E-state index in [9.17, 15) is 18.3 Å². The zero-order valence-corrected chi connectivity index (χ0v) is 13.3. The Morgan fingerprint density at radius 1 is 1.35 bits per heavy atom. The fourth-order valence-corrected chi connectivity index (χ4v) is 4.56. The van der Waals surface area contributed by atoms with Crippen LogP contribution in [0.1, 0.15) is 10.4 Å². The quantitative estimate of drug-likeness (QED) is 0.697. The lowest BCUT2D eigenvalue weighted by molar-refractivity contribution is -0.883. The Bertz CT molecular complexity index is 624. The highest BCUT2D eigenvalue weighted by molar-refractivity contribution is 9.10. The van der Waals surface area contributed by atoms with Gasteiger partial charge in [0.15, 0.2) is 0 Å². The van der Waals surface area contributed by atoms with Crippen LogP contribution in [-0.4, -0.2) is 51.9 Å². The highest BCUT2D eigenvalue weighted by atomic mass is 79.9. The van der Waals surface area contributed by atoms with E-state index in [1.54, 1.807) is 0 Å². The molecule has 1 heterocycles.